The second kappa shape index (κ2) is 4.25. The van der Waals surface area contributed by atoms with Gasteiger partial charge in [0.1, 0.15) is 0 Å². The van der Waals surface area contributed by atoms with Crippen LogP contribution >= 0.6 is 0 Å². The van der Waals surface area contributed by atoms with Crippen LogP contribution in [0.4, 0.5) is 13.2 Å². The van der Waals surface area contributed by atoms with Gasteiger partial charge in [-0.1, -0.05) is 6.92 Å². The van der Waals surface area contributed by atoms with Gasteiger partial charge in [0.05, 0.1) is 6.61 Å². The van der Waals surface area contributed by atoms with Crippen LogP contribution in [-0.2, 0) is 10.0 Å². The fourth-order valence-corrected chi connectivity index (χ4v) is 1.35. The molecule has 2 N–H and O–H groups in total. The van der Waals surface area contributed by atoms with E-state index in [0.717, 1.165) is 0 Å². The van der Waals surface area contributed by atoms with Crippen LogP contribution in [0, 0.1) is 0 Å². The lowest BCUT2D eigenvalue weighted by Crippen LogP contribution is -2.43. The molecule has 13 heavy (non-hydrogen) atoms. The maximum atomic E-state index is 11.7. The predicted octanol–water partition coefficient (Wildman–Crippen LogP) is 0.197. The highest BCUT2D eigenvalue weighted by Crippen LogP contribution is 2.22. The van der Waals surface area contributed by atoms with Gasteiger partial charge in [-0.3, -0.25) is 0 Å². The Morgan fingerprint density at radius 3 is 2.15 bits per heavy atom. The van der Waals surface area contributed by atoms with Gasteiger partial charge < -0.3 is 5.11 Å². The first kappa shape index (κ1) is 12.7. The second-order valence-corrected chi connectivity index (χ2v) is 4.06. The summed E-state index contributed by atoms with van der Waals surface area (Å²) in [5.41, 5.74) is -5.32. The van der Waals surface area contributed by atoms with Gasteiger partial charge in [-0.25, -0.2) is 13.1 Å². The molecule has 0 fully saturated rings. The number of hydrogen-bond acceptors (Lipinski definition) is 3. The summed E-state index contributed by atoms with van der Waals surface area (Å²) >= 11 is 0. The zero-order valence-corrected chi connectivity index (χ0v) is 7.61. The largest absolute Gasteiger partial charge is 0.511 e. The summed E-state index contributed by atoms with van der Waals surface area (Å²) in [5, 5.41) is 8.46. The van der Waals surface area contributed by atoms with Gasteiger partial charge in [-0.2, -0.15) is 13.2 Å². The Labute approximate surface area is 73.8 Å². The molecule has 0 rings (SSSR count). The van der Waals surface area contributed by atoms with E-state index in [2.05, 4.69) is 0 Å². The van der Waals surface area contributed by atoms with Gasteiger partial charge in [0, 0.05) is 6.04 Å². The summed E-state index contributed by atoms with van der Waals surface area (Å²) in [7, 11) is -5.33. The van der Waals surface area contributed by atoms with Crippen molar-refractivity contribution in [3.8, 4) is 0 Å². The molecule has 0 aromatic carbocycles. The number of hydrogen-bond donors (Lipinski definition) is 2. The fourth-order valence-electron chi connectivity index (χ4n) is 0.536. The number of rotatable bonds is 4. The molecule has 0 saturated carbocycles. The van der Waals surface area contributed by atoms with Gasteiger partial charge in [0.2, 0.25) is 0 Å². The molecule has 0 bridgehead atoms. The monoisotopic (exact) mass is 221 g/mol. The normalized spacial score (nSPS) is 15.8. The van der Waals surface area contributed by atoms with E-state index in [1.807, 2.05) is 0 Å². The summed E-state index contributed by atoms with van der Waals surface area (Å²) in [4.78, 5) is 0. The minimum absolute atomic E-state index is 0.0891. The molecule has 0 heterocycles. The van der Waals surface area contributed by atoms with Gasteiger partial charge in [0.15, 0.2) is 0 Å². The number of sulfonamides is 1. The van der Waals surface area contributed by atoms with E-state index in [0.29, 0.717) is 0 Å². The first-order chi connectivity index (χ1) is 5.74. The summed E-state index contributed by atoms with van der Waals surface area (Å²) in [6.45, 7) is 0.797. The number of nitrogens with one attached hydrogen (secondary N) is 1. The number of aliphatic hydroxyl groups is 1. The molecule has 0 spiro atoms. The lowest BCUT2D eigenvalue weighted by molar-refractivity contribution is -0.0452. The molecule has 0 aliphatic carbocycles. The molecule has 8 heteroatoms. The van der Waals surface area contributed by atoms with Crippen LogP contribution in [0.2, 0.25) is 0 Å². The quantitative estimate of drug-likeness (QED) is 0.712. The highest BCUT2D eigenvalue weighted by molar-refractivity contribution is 7.90. The van der Waals surface area contributed by atoms with Gasteiger partial charge in [0.25, 0.3) is 0 Å². The topological polar surface area (TPSA) is 66.4 Å². The van der Waals surface area contributed by atoms with E-state index in [9.17, 15) is 21.6 Å². The molecule has 0 aromatic heterocycles. The lowest BCUT2D eigenvalue weighted by atomic mass is 10.3. The summed E-state index contributed by atoms with van der Waals surface area (Å²) in [5.74, 6) is 0. The van der Waals surface area contributed by atoms with Crippen molar-refractivity contribution in [3.63, 3.8) is 0 Å². The minimum Gasteiger partial charge on any atom is -0.395 e. The Balaban J connectivity index is 4.52. The van der Waals surface area contributed by atoms with Gasteiger partial charge >= 0.3 is 15.5 Å². The summed E-state index contributed by atoms with van der Waals surface area (Å²) < 4.78 is 57.4. The maximum Gasteiger partial charge on any atom is 0.511 e. The van der Waals surface area contributed by atoms with Crippen molar-refractivity contribution in [2.75, 3.05) is 6.61 Å². The van der Waals surface area contributed by atoms with Crippen LogP contribution < -0.4 is 4.72 Å². The molecule has 1 atom stereocenters. The predicted molar refractivity (Wildman–Crippen MR) is 39.3 cm³/mol. The summed E-state index contributed by atoms with van der Waals surface area (Å²) in [6.07, 6.45) is 0.0891. The lowest BCUT2D eigenvalue weighted by Gasteiger charge is -2.15. The molecule has 4 nitrogen and oxygen atoms in total. The zero-order chi connectivity index (χ0) is 10.7. The van der Waals surface area contributed by atoms with Gasteiger partial charge in [-0.15, -0.1) is 0 Å². The molecule has 0 aliphatic heterocycles. The van der Waals surface area contributed by atoms with E-state index in [1.165, 1.54) is 11.6 Å². The Morgan fingerprint density at radius 2 is 1.92 bits per heavy atom. The fraction of sp³-hybridized carbons (Fsp3) is 1.00. The van der Waals surface area contributed by atoms with Crippen molar-refractivity contribution >= 4 is 10.0 Å². The van der Waals surface area contributed by atoms with Crippen LogP contribution in [0.15, 0.2) is 0 Å². The van der Waals surface area contributed by atoms with Crippen molar-refractivity contribution in [1.82, 2.24) is 4.72 Å². The van der Waals surface area contributed by atoms with Crippen LogP contribution in [0.25, 0.3) is 0 Å². The molecule has 0 saturated heterocycles. The Hall–Kier alpha value is -0.340. The smallest absolute Gasteiger partial charge is 0.395 e. The van der Waals surface area contributed by atoms with Crippen molar-refractivity contribution in [2.24, 2.45) is 0 Å². The zero-order valence-electron chi connectivity index (χ0n) is 6.80. The standard InChI is InChI=1S/C5H10F3NO3S/c1-2-4(3-10)9-13(11,12)5(6,7)8/h4,9-10H,2-3H2,1H3/t4-/m1/s1. The van der Waals surface area contributed by atoms with E-state index < -0.39 is 28.2 Å². The van der Waals surface area contributed by atoms with Crippen LogP contribution in [0.3, 0.4) is 0 Å². The third-order valence-electron chi connectivity index (χ3n) is 1.34. The first-order valence-corrected chi connectivity index (χ1v) is 4.92. The summed E-state index contributed by atoms with van der Waals surface area (Å²) in [6, 6.07) is -1.09. The van der Waals surface area contributed by atoms with Crippen molar-refractivity contribution in [3.05, 3.63) is 0 Å². The highest BCUT2D eigenvalue weighted by atomic mass is 32.2. The molecule has 0 aliphatic rings. The van der Waals surface area contributed by atoms with E-state index in [-0.39, 0.29) is 6.42 Å². The second-order valence-electron chi connectivity index (χ2n) is 2.35. The highest BCUT2D eigenvalue weighted by Gasteiger charge is 2.46. The molecular formula is C5H10F3NO3S. The molecule has 0 unspecified atom stereocenters. The Morgan fingerprint density at radius 1 is 1.46 bits per heavy atom. The first-order valence-electron chi connectivity index (χ1n) is 3.44. The van der Waals surface area contributed by atoms with E-state index in [1.54, 1.807) is 0 Å². The molecule has 0 amide bonds. The van der Waals surface area contributed by atoms with Crippen LogP contribution in [0.5, 0.6) is 0 Å². The Kier molecular flexibility index (Phi) is 4.14. The third kappa shape index (κ3) is 3.49. The maximum absolute atomic E-state index is 11.7. The number of halogens is 3. The van der Waals surface area contributed by atoms with Crippen molar-refractivity contribution in [2.45, 2.75) is 24.9 Å². The van der Waals surface area contributed by atoms with Crippen LogP contribution in [0.1, 0.15) is 13.3 Å². The van der Waals surface area contributed by atoms with E-state index in [4.69, 9.17) is 5.11 Å². The van der Waals surface area contributed by atoms with Crippen molar-refractivity contribution < 1.29 is 26.7 Å². The average molecular weight is 221 g/mol. The third-order valence-corrected chi connectivity index (χ3v) is 2.59. The average Bonchev–Trinajstić information content (AvgIpc) is 1.98. The molecule has 80 valence electrons. The SMILES string of the molecule is CC[C@H](CO)NS(=O)(=O)C(F)(F)F. The molecule has 0 aromatic rings. The van der Waals surface area contributed by atoms with E-state index >= 15 is 0 Å². The van der Waals surface area contributed by atoms with Crippen LogP contribution in [-0.4, -0.2) is 31.7 Å². The Bertz CT molecular complexity index is 244. The number of aliphatic hydroxyl groups excluding tert-OH is 1. The molecular weight excluding hydrogens is 211 g/mol. The molecule has 0 radical (unpaired) electrons. The van der Waals surface area contributed by atoms with Crippen molar-refractivity contribution in [1.29, 1.82) is 0 Å². The van der Waals surface area contributed by atoms with Gasteiger partial charge in [-0.05, 0) is 6.42 Å². The number of alkyl halides is 3. The minimum atomic E-state index is -5.33.